The molecule has 1 aliphatic rings. The molecule has 0 fully saturated rings. The van der Waals surface area contributed by atoms with Gasteiger partial charge < -0.3 is 14.4 Å². The number of carboxylic acid groups (broad SMARTS) is 1. The number of aromatic nitrogens is 4. The first-order valence-electron chi connectivity index (χ1n) is 9.29. The van der Waals surface area contributed by atoms with E-state index in [1.165, 1.54) is 0 Å². The van der Waals surface area contributed by atoms with Crippen LogP contribution in [0.3, 0.4) is 0 Å². The SMILES string of the molecule is COCN1c2cc(Cn3cnc(C=C(C)C(=O)O)c3C)ccc2Sc2nccnc21. The van der Waals surface area contributed by atoms with Gasteiger partial charge in [0.1, 0.15) is 11.8 Å². The minimum Gasteiger partial charge on any atom is -0.478 e. The van der Waals surface area contributed by atoms with Crippen molar-refractivity contribution in [3.8, 4) is 0 Å². The molecule has 0 saturated heterocycles. The number of imidazole rings is 1. The molecule has 0 aliphatic carbocycles. The third-order valence-corrected chi connectivity index (χ3v) is 5.91. The van der Waals surface area contributed by atoms with Crippen molar-refractivity contribution in [3.05, 3.63) is 59.4 Å². The summed E-state index contributed by atoms with van der Waals surface area (Å²) in [6, 6.07) is 6.28. The number of ether oxygens (including phenoxy) is 1. The number of benzene rings is 1. The number of rotatable bonds is 6. The minimum absolute atomic E-state index is 0.254. The van der Waals surface area contributed by atoms with Crippen LogP contribution >= 0.6 is 11.8 Å². The number of anilines is 2. The van der Waals surface area contributed by atoms with Crippen molar-refractivity contribution < 1.29 is 14.6 Å². The van der Waals surface area contributed by atoms with Crippen molar-refractivity contribution in [1.82, 2.24) is 19.5 Å². The van der Waals surface area contributed by atoms with Gasteiger partial charge in [0.2, 0.25) is 0 Å². The van der Waals surface area contributed by atoms with E-state index in [-0.39, 0.29) is 5.57 Å². The number of hydrogen-bond donors (Lipinski definition) is 1. The van der Waals surface area contributed by atoms with E-state index >= 15 is 0 Å². The number of fused-ring (bicyclic) bond motifs is 2. The molecule has 3 aromatic rings. The van der Waals surface area contributed by atoms with Crippen LogP contribution in [0.1, 0.15) is 23.9 Å². The molecule has 0 atom stereocenters. The molecule has 2 aromatic heterocycles. The summed E-state index contributed by atoms with van der Waals surface area (Å²) in [5.41, 5.74) is 3.94. The molecule has 30 heavy (non-hydrogen) atoms. The summed E-state index contributed by atoms with van der Waals surface area (Å²) in [6.07, 6.45) is 6.70. The van der Waals surface area contributed by atoms with E-state index in [2.05, 4.69) is 33.2 Å². The fourth-order valence-electron chi connectivity index (χ4n) is 3.24. The first-order valence-corrected chi connectivity index (χ1v) is 10.1. The monoisotopic (exact) mass is 423 g/mol. The van der Waals surface area contributed by atoms with E-state index in [9.17, 15) is 4.79 Å². The van der Waals surface area contributed by atoms with E-state index in [1.807, 2.05) is 16.4 Å². The summed E-state index contributed by atoms with van der Waals surface area (Å²) in [5.74, 6) is -0.165. The Kier molecular flexibility index (Phi) is 5.56. The summed E-state index contributed by atoms with van der Waals surface area (Å²) >= 11 is 1.59. The van der Waals surface area contributed by atoms with Crippen LogP contribution in [-0.4, -0.2) is 44.4 Å². The van der Waals surface area contributed by atoms with Crippen molar-refractivity contribution >= 4 is 35.3 Å². The number of hydrogen-bond acceptors (Lipinski definition) is 7. The van der Waals surface area contributed by atoms with E-state index in [0.717, 1.165) is 32.7 Å². The second-order valence-electron chi connectivity index (χ2n) is 6.91. The van der Waals surface area contributed by atoms with Crippen LogP contribution in [0, 0.1) is 6.92 Å². The molecule has 1 N–H and O–H groups in total. The first-order chi connectivity index (χ1) is 14.5. The van der Waals surface area contributed by atoms with Crippen molar-refractivity contribution in [2.45, 2.75) is 30.3 Å². The smallest absolute Gasteiger partial charge is 0.331 e. The molecular formula is C21H21N5O3S. The average molecular weight is 423 g/mol. The predicted molar refractivity (Wildman–Crippen MR) is 114 cm³/mol. The van der Waals surface area contributed by atoms with Gasteiger partial charge in [-0.1, -0.05) is 17.8 Å². The molecule has 1 aliphatic heterocycles. The third kappa shape index (κ3) is 3.81. The molecule has 8 nitrogen and oxygen atoms in total. The predicted octanol–water partition coefficient (Wildman–Crippen LogP) is 3.72. The average Bonchev–Trinajstić information content (AvgIpc) is 3.07. The number of aliphatic carboxylic acids is 1. The zero-order valence-electron chi connectivity index (χ0n) is 16.9. The Balaban J connectivity index is 1.65. The lowest BCUT2D eigenvalue weighted by Gasteiger charge is -2.30. The Morgan fingerprint density at radius 1 is 1.27 bits per heavy atom. The van der Waals surface area contributed by atoms with Crippen LogP contribution in [0.25, 0.3) is 6.08 Å². The molecule has 154 valence electrons. The topological polar surface area (TPSA) is 93.4 Å². The highest BCUT2D eigenvalue weighted by molar-refractivity contribution is 7.99. The molecular weight excluding hydrogens is 402 g/mol. The molecule has 9 heteroatoms. The van der Waals surface area contributed by atoms with E-state index in [0.29, 0.717) is 19.0 Å². The number of carboxylic acids is 1. The molecule has 0 amide bonds. The fraction of sp³-hybridized carbons (Fsp3) is 0.238. The highest BCUT2D eigenvalue weighted by Crippen LogP contribution is 2.46. The summed E-state index contributed by atoms with van der Waals surface area (Å²) in [5, 5.41) is 9.95. The van der Waals surface area contributed by atoms with Crippen LogP contribution in [0.15, 0.2) is 52.4 Å². The standard InChI is InChI=1S/C21H21N5O3S/c1-13(21(27)28)8-16-14(2)25(11-24-16)10-15-4-5-18-17(9-15)26(12-29-3)19-20(30-18)23-7-6-22-19/h4-9,11H,10,12H2,1-3H3,(H,27,28). The van der Waals surface area contributed by atoms with Gasteiger partial charge in [-0.15, -0.1) is 0 Å². The quantitative estimate of drug-likeness (QED) is 0.600. The lowest BCUT2D eigenvalue weighted by Crippen LogP contribution is -2.24. The summed E-state index contributed by atoms with van der Waals surface area (Å²) in [4.78, 5) is 27.5. The van der Waals surface area contributed by atoms with Crippen molar-refractivity contribution in [1.29, 1.82) is 0 Å². The minimum atomic E-state index is -0.947. The summed E-state index contributed by atoms with van der Waals surface area (Å²) in [6.45, 7) is 4.49. The van der Waals surface area contributed by atoms with Crippen LogP contribution in [0.5, 0.6) is 0 Å². The summed E-state index contributed by atoms with van der Waals surface area (Å²) in [7, 11) is 1.66. The van der Waals surface area contributed by atoms with Crippen LogP contribution in [0.4, 0.5) is 11.5 Å². The van der Waals surface area contributed by atoms with Gasteiger partial charge in [0.25, 0.3) is 0 Å². The Hall–Kier alpha value is -3.17. The zero-order valence-corrected chi connectivity index (χ0v) is 17.7. The second kappa shape index (κ2) is 8.29. The molecule has 0 saturated carbocycles. The van der Waals surface area contributed by atoms with Gasteiger partial charge >= 0.3 is 5.97 Å². The Morgan fingerprint density at radius 2 is 2.07 bits per heavy atom. The van der Waals surface area contributed by atoms with Crippen LogP contribution in [0.2, 0.25) is 0 Å². The maximum absolute atomic E-state index is 11.1. The van der Waals surface area contributed by atoms with Gasteiger partial charge in [-0.05, 0) is 37.6 Å². The highest BCUT2D eigenvalue weighted by Gasteiger charge is 2.25. The molecule has 0 unspecified atom stereocenters. The molecule has 4 rings (SSSR count). The highest BCUT2D eigenvalue weighted by atomic mass is 32.2. The second-order valence-corrected chi connectivity index (χ2v) is 7.94. The number of nitrogens with zero attached hydrogens (tertiary/aromatic N) is 5. The van der Waals surface area contributed by atoms with Crippen LogP contribution in [-0.2, 0) is 16.1 Å². The molecule has 0 spiro atoms. The fourth-order valence-corrected chi connectivity index (χ4v) is 4.22. The third-order valence-electron chi connectivity index (χ3n) is 4.86. The number of methoxy groups -OCH3 is 1. The summed E-state index contributed by atoms with van der Waals surface area (Å²) < 4.78 is 7.42. The van der Waals surface area contributed by atoms with Crippen molar-refractivity contribution in [2.75, 3.05) is 18.7 Å². The lowest BCUT2D eigenvalue weighted by atomic mass is 10.1. The van der Waals surface area contributed by atoms with E-state index in [4.69, 9.17) is 9.84 Å². The largest absolute Gasteiger partial charge is 0.478 e. The maximum Gasteiger partial charge on any atom is 0.331 e. The zero-order chi connectivity index (χ0) is 21.3. The van der Waals surface area contributed by atoms with Gasteiger partial charge in [-0.25, -0.2) is 19.7 Å². The molecule has 0 bridgehead atoms. The Morgan fingerprint density at radius 3 is 2.83 bits per heavy atom. The molecule has 1 aromatic carbocycles. The van der Waals surface area contributed by atoms with Crippen molar-refractivity contribution in [3.63, 3.8) is 0 Å². The molecule has 3 heterocycles. The van der Waals surface area contributed by atoms with Crippen molar-refractivity contribution in [2.24, 2.45) is 0 Å². The maximum atomic E-state index is 11.1. The van der Waals surface area contributed by atoms with Gasteiger partial charge in [0.05, 0.1) is 17.7 Å². The normalized spacial score (nSPS) is 13.2. The van der Waals surface area contributed by atoms with Gasteiger partial charge in [0, 0.05) is 42.2 Å². The van der Waals surface area contributed by atoms with Gasteiger partial charge in [-0.2, -0.15) is 0 Å². The Bertz CT molecular complexity index is 1140. The van der Waals surface area contributed by atoms with Gasteiger partial charge in [0.15, 0.2) is 5.82 Å². The molecule has 0 radical (unpaired) electrons. The van der Waals surface area contributed by atoms with Gasteiger partial charge in [-0.3, -0.25) is 4.90 Å². The first kappa shape index (κ1) is 20.1. The number of carbonyl (C=O) groups is 1. The van der Waals surface area contributed by atoms with E-state index in [1.54, 1.807) is 50.6 Å². The Labute approximate surface area is 178 Å². The van der Waals surface area contributed by atoms with Crippen LogP contribution < -0.4 is 4.90 Å². The lowest BCUT2D eigenvalue weighted by molar-refractivity contribution is -0.132. The van der Waals surface area contributed by atoms with E-state index < -0.39 is 5.97 Å².